The Kier molecular flexibility index (Phi) is 4.35. The van der Waals surface area contributed by atoms with E-state index in [0.717, 1.165) is 5.56 Å². The summed E-state index contributed by atoms with van der Waals surface area (Å²) in [5, 5.41) is 3.30. The maximum Gasteiger partial charge on any atom is 0.267 e. The van der Waals surface area contributed by atoms with Crippen LogP contribution in [0.2, 0.25) is 0 Å². The zero-order valence-electron chi connectivity index (χ0n) is 14.3. The van der Waals surface area contributed by atoms with Crippen LogP contribution in [-0.2, 0) is 4.79 Å². The summed E-state index contributed by atoms with van der Waals surface area (Å²) in [4.78, 5) is 37.9. The second-order valence-electron chi connectivity index (χ2n) is 6.18. The molecule has 0 saturated carbocycles. The van der Waals surface area contributed by atoms with Gasteiger partial charge < -0.3 is 16.0 Å². The van der Waals surface area contributed by atoms with Gasteiger partial charge in [-0.25, -0.2) is 15.0 Å². The van der Waals surface area contributed by atoms with Gasteiger partial charge in [0.15, 0.2) is 0 Å². The molecule has 3 atom stereocenters. The lowest BCUT2D eigenvalue weighted by Gasteiger charge is -2.43. The molecule has 2 unspecified atom stereocenters. The molecule has 1 aliphatic heterocycles. The minimum atomic E-state index is -0.613. The topological polar surface area (TPSA) is 114 Å². The molecule has 0 fully saturated rings. The van der Waals surface area contributed by atoms with Gasteiger partial charge in [0, 0.05) is 36.8 Å². The number of nitrogens with two attached hydrogens (primary N) is 1. The van der Waals surface area contributed by atoms with Crippen molar-refractivity contribution >= 4 is 23.5 Å². The number of anilines is 2. The van der Waals surface area contributed by atoms with Crippen molar-refractivity contribution in [1.29, 1.82) is 0 Å². The van der Waals surface area contributed by atoms with Crippen molar-refractivity contribution in [3.63, 3.8) is 0 Å². The fraction of sp³-hybridized carbons (Fsp3) is 0.353. The van der Waals surface area contributed by atoms with Crippen LogP contribution in [-0.4, -0.2) is 32.8 Å². The van der Waals surface area contributed by atoms with Gasteiger partial charge in [-0.3, -0.25) is 9.59 Å². The Morgan fingerprint density at radius 2 is 1.88 bits per heavy atom. The number of rotatable bonds is 3. The summed E-state index contributed by atoms with van der Waals surface area (Å²) >= 11 is 0. The maximum absolute atomic E-state index is 12.2. The van der Waals surface area contributed by atoms with Crippen LogP contribution in [0.25, 0.3) is 0 Å². The molecule has 3 rings (SSSR count). The van der Waals surface area contributed by atoms with Crippen LogP contribution in [0.5, 0.6) is 0 Å². The van der Waals surface area contributed by atoms with Crippen molar-refractivity contribution in [3.8, 4) is 0 Å². The van der Waals surface area contributed by atoms with E-state index in [1.165, 1.54) is 13.1 Å². The molecule has 2 aromatic rings. The number of amides is 2. The highest BCUT2D eigenvalue weighted by Crippen LogP contribution is 2.41. The molecule has 130 valence electrons. The van der Waals surface area contributed by atoms with Crippen LogP contribution >= 0.6 is 0 Å². The molecule has 0 spiro atoms. The second-order valence-corrected chi connectivity index (χ2v) is 6.18. The Morgan fingerprint density at radius 3 is 2.48 bits per heavy atom. The van der Waals surface area contributed by atoms with Crippen LogP contribution in [0.15, 0.2) is 30.7 Å². The lowest BCUT2D eigenvalue weighted by Crippen LogP contribution is -2.48. The molecule has 2 amide bonds. The Bertz CT molecular complexity index is 810. The number of pyridine rings is 1. The van der Waals surface area contributed by atoms with Crippen LogP contribution < -0.4 is 16.0 Å². The van der Waals surface area contributed by atoms with Crippen molar-refractivity contribution in [2.24, 2.45) is 11.7 Å². The third kappa shape index (κ3) is 3.02. The molecule has 0 aliphatic carbocycles. The first-order chi connectivity index (χ1) is 11.9. The number of hydrogen-bond donors (Lipinski definition) is 2. The van der Waals surface area contributed by atoms with E-state index in [1.807, 2.05) is 13.8 Å². The highest BCUT2D eigenvalue weighted by Gasteiger charge is 2.39. The molecule has 25 heavy (non-hydrogen) atoms. The van der Waals surface area contributed by atoms with Crippen molar-refractivity contribution in [3.05, 3.63) is 42.0 Å². The maximum atomic E-state index is 12.2. The number of nitrogens with one attached hydrogen (secondary N) is 1. The van der Waals surface area contributed by atoms with Gasteiger partial charge in [0.05, 0.1) is 17.9 Å². The van der Waals surface area contributed by atoms with Gasteiger partial charge >= 0.3 is 0 Å². The molecule has 0 radical (unpaired) electrons. The van der Waals surface area contributed by atoms with Crippen molar-refractivity contribution in [2.45, 2.75) is 32.9 Å². The smallest absolute Gasteiger partial charge is 0.267 e. The molecule has 8 nitrogen and oxygen atoms in total. The number of carbonyl (C=O) groups is 2. The zero-order valence-corrected chi connectivity index (χ0v) is 14.3. The first kappa shape index (κ1) is 16.8. The van der Waals surface area contributed by atoms with E-state index in [0.29, 0.717) is 11.6 Å². The zero-order chi connectivity index (χ0) is 18.1. The number of nitrogens with zero attached hydrogens (tertiary/aromatic N) is 4. The third-order valence-electron chi connectivity index (χ3n) is 4.64. The van der Waals surface area contributed by atoms with Crippen molar-refractivity contribution < 1.29 is 9.59 Å². The molecule has 0 bridgehead atoms. The van der Waals surface area contributed by atoms with Gasteiger partial charge in [-0.1, -0.05) is 6.92 Å². The first-order valence-corrected chi connectivity index (χ1v) is 8.03. The van der Waals surface area contributed by atoms with Crippen molar-refractivity contribution in [1.82, 2.24) is 15.0 Å². The molecule has 3 N–H and O–H groups in total. The van der Waals surface area contributed by atoms with Crippen LogP contribution in [0.3, 0.4) is 0 Å². The van der Waals surface area contributed by atoms with E-state index in [9.17, 15) is 9.59 Å². The average Bonchev–Trinajstić information content (AvgIpc) is 2.59. The SMILES string of the molecule is CC(=O)N1c2cnc(C(N)=O)cc2C(Nc2ncccn2)C(C)[C@@H]1C. The lowest BCUT2D eigenvalue weighted by molar-refractivity contribution is -0.117. The van der Waals surface area contributed by atoms with Gasteiger partial charge in [-0.05, 0) is 19.1 Å². The van der Waals surface area contributed by atoms with E-state index in [-0.39, 0.29) is 29.6 Å². The minimum Gasteiger partial charge on any atom is -0.364 e. The molecule has 2 aromatic heterocycles. The summed E-state index contributed by atoms with van der Waals surface area (Å²) in [7, 11) is 0. The predicted octanol–water partition coefficient (Wildman–Crippen LogP) is 1.51. The normalized spacial score (nSPS) is 22.2. The summed E-state index contributed by atoms with van der Waals surface area (Å²) in [5.41, 5.74) is 6.97. The second kappa shape index (κ2) is 6.46. The number of aromatic nitrogens is 3. The van der Waals surface area contributed by atoms with E-state index < -0.39 is 5.91 Å². The Balaban J connectivity index is 2.11. The molecule has 3 heterocycles. The summed E-state index contributed by atoms with van der Waals surface area (Å²) in [6, 6.07) is 3.12. The van der Waals surface area contributed by atoms with Gasteiger partial charge in [0.1, 0.15) is 5.69 Å². The Hall–Kier alpha value is -3.03. The molecular formula is C17H20N6O2. The molecule has 0 aromatic carbocycles. The summed E-state index contributed by atoms with van der Waals surface area (Å²) in [5.74, 6) is -0.170. The molecular weight excluding hydrogens is 320 g/mol. The van der Waals surface area contributed by atoms with Gasteiger partial charge in [-0.2, -0.15) is 0 Å². The van der Waals surface area contributed by atoms with Crippen LogP contribution in [0, 0.1) is 5.92 Å². The minimum absolute atomic E-state index is 0.0448. The third-order valence-corrected chi connectivity index (χ3v) is 4.64. The largest absolute Gasteiger partial charge is 0.364 e. The van der Waals surface area contributed by atoms with E-state index in [1.54, 1.807) is 29.4 Å². The summed E-state index contributed by atoms with van der Waals surface area (Å²) < 4.78 is 0. The van der Waals surface area contributed by atoms with Gasteiger partial charge in [0.25, 0.3) is 5.91 Å². The van der Waals surface area contributed by atoms with E-state index in [4.69, 9.17) is 5.73 Å². The van der Waals surface area contributed by atoms with Gasteiger partial charge in [0.2, 0.25) is 11.9 Å². The van der Waals surface area contributed by atoms with Crippen LogP contribution in [0.4, 0.5) is 11.6 Å². The van der Waals surface area contributed by atoms with Gasteiger partial charge in [-0.15, -0.1) is 0 Å². The molecule has 1 aliphatic rings. The predicted molar refractivity (Wildman–Crippen MR) is 92.9 cm³/mol. The van der Waals surface area contributed by atoms with Crippen LogP contribution in [0.1, 0.15) is 42.9 Å². The number of primary amides is 1. The highest BCUT2D eigenvalue weighted by molar-refractivity contribution is 5.95. The quantitative estimate of drug-likeness (QED) is 0.875. The number of carbonyl (C=O) groups excluding carboxylic acids is 2. The van der Waals surface area contributed by atoms with E-state index in [2.05, 4.69) is 20.3 Å². The highest BCUT2D eigenvalue weighted by atomic mass is 16.2. The van der Waals surface area contributed by atoms with E-state index >= 15 is 0 Å². The fourth-order valence-corrected chi connectivity index (χ4v) is 3.24. The van der Waals surface area contributed by atoms with Crippen molar-refractivity contribution in [2.75, 3.05) is 10.2 Å². The standard InChI is InChI=1S/C17H20N6O2/c1-9-10(2)23(11(3)24)14-8-21-13(16(18)25)7-12(14)15(9)22-17-19-5-4-6-20-17/h4-10,15H,1-3H3,(H2,18,25)(H,19,20,22)/t9?,10-,15?/m0/s1. The average molecular weight is 340 g/mol. The monoisotopic (exact) mass is 340 g/mol. The summed E-state index contributed by atoms with van der Waals surface area (Å²) in [6.07, 6.45) is 4.83. The Labute approximate surface area is 145 Å². The number of fused-ring (bicyclic) bond motifs is 1. The fourth-order valence-electron chi connectivity index (χ4n) is 3.24. The lowest BCUT2D eigenvalue weighted by atomic mass is 9.83. The number of hydrogen-bond acceptors (Lipinski definition) is 6. The molecule has 8 heteroatoms. The molecule has 0 saturated heterocycles. The first-order valence-electron chi connectivity index (χ1n) is 8.03. The Morgan fingerprint density at radius 1 is 1.20 bits per heavy atom. The summed E-state index contributed by atoms with van der Waals surface area (Å²) in [6.45, 7) is 5.54.